The number of carboxylic acids is 1. The molecule has 2 heterocycles. The first-order valence-electron chi connectivity index (χ1n) is 10.1. The van der Waals surface area contributed by atoms with Crippen LogP contribution < -0.4 is 15.0 Å². The number of aromatic carboxylic acids is 1. The molecule has 4 amide bonds. The average Bonchev–Trinajstić information content (AvgIpc) is 3.26. The Kier molecular flexibility index (Phi) is 6.20. The first kappa shape index (κ1) is 22.8. The first-order chi connectivity index (χ1) is 16.3. The number of benzene rings is 2. The summed E-state index contributed by atoms with van der Waals surface area (Å²) in [5.41, 5.74) is 0.278. The molecule has 0 radical (unpaired) electrons. The Morgan fingerprint density at radius 3 is 2.53 bits per heavy atom. The summed E-state index contributed by atoms with van der Waals surface area (Å²) >= 11 is 6.18. The van der Waals surface area contributed by atoms with Crippen LogP contribution in [0.3, 0.4) is 0 Å². The Morgan fingerprint density at radius 2 is 1.85 bits per heavy atom. The molecule has 2 aromatic carbocycles. The molecule has 1 aromatic heterocycles. The number of nitrogens with one attached hydrogen (secondary N) is 1. The van der Waals surface area contributed by atoms with Crippen LogP contribution in [-0.2, 0) is 9.59 Å². The lowest BCUT2D eigenvalue weighted by Gasteiger charge is -2.26. The van der Waals surface area contributed by atoms with Gasteiger partial charge in [-0.3, -0.25) is 14.9 Å². The highest BCUT2D eigenvalue weighted by Crippen LogP contribution is 2.32. The van der Waals surface area contributed by atoms with Crippen LogP contribution in [-0.4, -0.2) is 35.5 Å². The third-order valence-electron chi connectivity index (χ3n) is 4.90. The van der Waals surface area contributed by atoms with Crippen LogP contribution >= 0.6 is 11.6 Å². The molecule has 2 N–H and O–H groups in total. The molecule has 172 valence electrons. The lowest BCUT2D eigenvalue weighted by molar-refractivity contribution is -0.122. The van der Waals surface area contributed by atoms with Crippen molar-refractivity contribution in [2.75, 3.05) is 11.5 Å². The number of anilines is 1. The van der Waals surface area contributed by atoms with E-state index in [-0.39, 0.29) is 33.4 Å². The van der Waals surface area contributed by atoms with Gasteiger partial charge in [-0.15, -0.1) is 0 Å². The number of nitrogens with zero attached hydrogens (tertiary/aromatic N) is 1. The summed E-state index contributed by atoms with van der Waals surface area (Å²) in [7, 11) is 0. The summed E-state index contributed by atoms with van der Waals surface area (Å²) in [5.74, 6) is -1.90. The van der Waals surface area contributed by atoms with Gasteiger partial charge in [0, 0.05) is 5.56 Å². The predicted octanol–water partition coefficient (Wildman–Crippen LogP) is 4.36. The van der Waals surface area contributed by atoms with Crippen LogP contribution in [0.1, 0.15) is 23.0 Å². The van der Waals surface area contributed by atoms with Crippen molar-refractivity contribution >= 4 is 47.2 Å². The van der Waals surface area contributed by atoms with Crippen molar-refractivity contribution in [2.45, 2.75) is 6.92 Å². The average molecular weight is 481 g/mol. The van der Waals surface area contributed by atoms with Crippen molar-refractivity contribution in [1.82, 2.24) is 5.32 Å². The van der Waals surface area contributed by atoms with Crippen molar-refractivity contribution < 1.29 is 33.4 Å². The molecule has 1 aliphatic heterocycles. The zero-order chi connectivity index (χ0) is 24.4. The summed E-state index contributed by atoms with van der Waals surface area (Å²) < 4.78 is 11.1. The van der Waals surface area contributed by atoms with Gasteiger partial charge in [-0.25, -0.2) is 14.5 Å². The second-order valence-electron chi connectivity index (χ2n) is 7.09. The van der Waals surface area contributed by atoms with Crippen molar-refractivity contribution in [3.63, 3.8) is 0 Å². The van der Waals surface area contributed by atoms with E-state index in [0.29, 0.717) is 17.9 Å². The number of urea groups is 1. The Hall–Kier alpha value is -4.37. The number of furan rings is 1. The van der Waals surface area contributed by atoms with E-state index in [2.05, 4.69) is 5.32 Å². The first-order valence-corrected chi connectivity index (χ1v) is 10.4. The van der Waals surface area contributed by atoms with E-state index in [1.807, 2.05) is 6.92 Å². The molecule has 1 fully saturated rings. The number of carbonyl (C=O) groups is 4. The normalized spacial score (nSPS) is 14.9. The minimum Gasteiger partial charge on any atom is -0.494 e. The van der Waals surface area contributed by atoms with Crippen molar-refractivity contribution in [1.29, 1.82) is 0 Å². The Morgan fingerprint density at radius 1 is 1.12 bits per heavy atom. The molecule has 1 aliphatic rings. The van der Waals surface area contributed by atoms with Gasteiger partial charge in [0.15, 0.2) is 0 Å². The number of imide groups is 2. The monoisotopic (exact) mass is 480 g/mol. The summed E-state index contributed by atoms with van der Waals surface area (Å²) in [5, 5.41) is 11.6. The quantitative estimate of drug-likeness (QED) is 0.396. The standard InChI is InChI=1S/C24H17ClN2O7/c1-2-33-15-6-4-14(5-7-15)27-22(29)18(21(28)26-24(27)32)12-16-8-10-20(34-16)17-11-13(23(30)31)3-9-19(17)25/h3-12H,2H2,1H3,(H,30,31)(H,26,28,32)/b18-12+. The maximum Gasteiger partial charge on any atom is 0.335 e. The summed E-state index contributed by atoms with van der Waals surface area (Å²) in [4.78, 5) is 49.9. The van der Waals surface area contributed by atoms with Crippen LogP contribution in [0.5, 0.6) is 5.75 Å². The molecule has 34 heavy (non-hydrogen) atoms. The second kappa shape index (κ2) is 9.24. The maximum atomic E-state index is 13.0. The molecule has 9 nitrogen and oxygen atoms in total. The van der Waals surface area contributed by atoms with Crippen molar-refractivity contribution in [2.24, 2.45) is 0 Å². The Bertz CT molecular complexity index is 1340. The third-order valence-corrected chi connectivity index (χ3v) is 5.23. The van der Waals surface area contributed by atoms with E-state index in [9.17, 15) is 24.3 Å². The van der Waals surface area contributed by atoms with Crippen LogP contribution in [0.2, 0.25) is 5.02 Å². The minimum atomic E-state index is -1.13. The van der Waals surface area contributed by atoms with E-state index in [1.165, 1.54) is 48.5 Å². The van der Waals surface area contributed by atoms with Gasteiger partial charge in [-0.2, -0.15) is 0 Å². The Balaban J connectivity index is 1.65. The predicted molar refractivity (Wildman–Crippen MR) is 123 cm³/mol. The number of ether oxygens (including phenoxy) is 1. The third kappa shape index (κ3) is 4.41. The molecule has 0 bridgehead atoms. The number of halogens is 1. The number of hydrogen-bond donors (Lipinski definition) is 2. The molecule has 0 unspecified atom stereocenters. The topological polar surface area (TPSA) is 126 Å². The van der Waals surface area contributed by atoms with E-state index in [0.717, 1.165) is 4.90 Å². The Labute approximate surface area is 198 Å². The van der Waals surface area contributed by atoms with Gasteiger partial charge in [0.05, 0.1) is 22.9 Å². The van der Waals surface area contributed by atoms with Crippen LogP contribution in [0, 0.1) is 0 Å². The zero-order valence-corrected chi connectivity index (χ0v) is 18.5. The lowest BCUT2D eigenvalue weighted by atomic mass is 10.1. The van der Waals surface area contributed by atoms with Gasteiger partial charge in [0.1, 0.15) is 22.8 Å². The van der Waals surface area contributed by atoms with E-state index >= 15 is 0 Å². The van der Waals surface area contributed by atoms with E-state index in [4.69, 9.17) is 20.8 Å². The molecular formula is C24H17ClN2O7. The summed E-state index contributed by atoms with van der Waals surface area (Å²) in [6.07, 6.45) is 1.20. The lowest BCUT2D eigenvalue weighted by Crippen LogP contribution is -2.54. The molecule has 0 saturated carbocycles. The van der Waals surface area contributed by atoms with E-state index in [1.54, 1.807) is 12.1 Å². The van der Waals surface area contributed by atoms with Crippen LogP contribution in [0.25, 0.3) is 17.4 Å². The number of amides is 4. The van der Waals surface area contributed by atoms with Crippen LogP contribution in [0.15, 0.2) is 64.6 Å². The van der Waals surface area contributed by atoms with Crippen LogP contribution in [0.4, 0.5) is 10.5 Å². The fourth-order valence-corrected chi connectivity index (χ4v) is 3.53. The molecule has 1 saturated heterocycles. The number of carbonyl (C=O) groups excluding carboxylic acids is 3. The van der Waals surface area contributed by atoms with Gasteiger partial charge in [-0.1, -0.05) is 11.6 Å². The number of hydrogen-bond acceptors (Lipinski definition) is 6. The number of rotatable bonds is 6. The fourth-order valence-electron chi connectivity index (χ4n) is 3.31. The van der Waals surface area contributed by atoms with E-state index < -0.39 is 23.8 Å². The summed E-state index contributed by atoms with van der Waals surface area (Å²) in [6.45, 7) is 2.29. The molecule has 0 atom stereocenters. The molecule has 0 spiro atoms. The van der Waals surface area contributed by atoms with Crippen molar-refractivity contribution in [3.05, 3.63) is 76.5 Å². The number of barbiturate groups is 1. The molecular weight excluding hydrogens is 464 g/mol. The minimum absolute atomic E-state index is 0.0158. The molecule has 0 aliphatic carbocycles. The highest BCUT2D eigenvalue weighted by atomic mass is 35.5. The van der Waals surface area contributed by atoms with Gasteiger partial charge in [0.25, 0.3) is 11.8 Å². The second-order valence-corrected chi connectivity index (χ2v) is 7.49. The molecule has 4 rings (SSSR count). The van der Waals surface area contributed by atoms with Gasteiger partial charge < -0.3 is 14.3 Å². The van der Waals surface area contributed by atoms with Crippen molar-refractivity contribution in [3.8, 4) is 17.1 Å². The SMILES string of the molecule is CCOc1ccc(N2C(=O)NC(=O)/C(=C\c3ccc(-c4cc(C(=O)O)ccc4Cl)o3)C2=O)cc1. The largest absolute Gasteiger partial charge is 0.494 e. The van der Waals surface area contributed by atoms with Gasteiger partial charge >= 0.3 is 12.0 Å². The molecule has 3 aromatic rings. The fraction of sp³-hybridized carbons (Fsp3) is 0.0833. The highest BCUT2D eigenvalue weighted by Gasteiger charge is 2.37. The zero-order valence-electron chi connectivity index (χ0n) is 17.7. The summed E-state index contributed by atoms with van der Waals surface area (Å²) in [6, 6.07) is 12.5. The van der Waals surface area contributed by atoms with Gasteiger partial charge in [-0.05, 0) is 67.6 Å². The number of carboxylic acid groups (broad SMARTS) is 1. The highest BCUT2D eigenvalue weighted by molar-refractivity contribution is 6.39. The maximum absolute atomic E-state index is 13.0. The van der Waals surface area contributed by atoms with Gasteiger partial charge in [0.2, 0.25) is 0 Å². The smallest absolute Gasteiger partial charge is 0.335 e. The molecule has 10 heteroatoms.